The van der Waals surface area contributed by atoms with E-state index in [0.717, 1.165) is 0 Å². The predicted molar refractivity (Wildman–Crippen MR) is 90.0 cm³/mol. The minimum Gasteiger partial charge on any atom is -1.00 e. The van der Waals surface area contributed by atoms with Crippen LogP contribution in [0, 0.1) is 5.41 Å². The smallest absolute Gasteiger partial charge is 1.00 e. The van der Waals surface area contributed by atoms with Gasteiger partial charge in [-0.3, -0.25) is 0 Å². The Labute approximate surface area is 167 Å². The van der Waals surface area contributed by atoms with Crippen LogP contribution in [0.15, 0.2) is 43.3 Å². The van der Waals surface area contributed by atoms with Gasteiger partial charge in [-0.1, -0.05) is 0 Å². The summed E-state index contributed by atoms with van der Waals surface area (Å²) in [4.78, 5) is 0. The van der Waals surface area contributed by atoms with E-state index in [4.69, 9.17) is 0 Å². The molecule has 0 saturated carbocycles. The van der Waals surface area contributed by atoms with E-state index in [1.165, 1.54) is 12.8 Å². The van der Waals surface area contributed by atoms with Gasteiger partial charge in [0.05, 0.1) is 0 Å². The van der Waals surface area contributed by atoms with Crippen molar-refractivity contribution >= 4 is 0 Å². The van der Waals surface area contributed by atoms with Crippen LogP contribution in [0.5, 0.6) is 0 Å². The molecule has 0 aliphatic heterocycles. The minimum atomic E-state index is -0.695. The molecule has 0 amide bonds. The molecule has 0 aromatic heterocycles. The standard InChI is InChI=1S/2C10H15.2ClH.Zr/c1-7-6-10(4,5)9(3)8(7)2;1-4-9-6-8(3)10(5-2)7-9;;;/h1-5H3;6-7H,4-5H2,1-3H3;2*1H;/q;;;;+2/p-2. The molecule has 0 radical (unpaired) electrons. The Bertz CT molecular complexity index is 591. The first-order valence-electron chi connectivity index (χ1n) is 8.28. The first kappa shape index (κ1) is 23.4. The second kappa shape index (κ2) is 8.20. The Hall–Kier alpha value is 0.423. The van der Waals surface area contributed by atoms with E-state index < -0.39 is 23.2 Å². The monoisotopic (exact) mass is 430 g/mol. The van der Waals surface area contributed by atoms with Gasteiger partial charge in [0, 0.05) is 0 Å². The van der Waals surface area contributed by atoms with Crippen molar-refractivity contribution in [1.29, 1.82) is 0 Å². The van der Waals surface area contributed by atoms with Crippen molar-refractivity contribution in [1.82, 2.24) is 0 Å². The Morgan fingerprint density at radius 1 is 0.913 bits per heavy atom. The summed E-state index contributed by atoms with van der Waals surface area (Å²) in [6.45, 7) is 19.0. The summed E-state index contributed by atoms with van der Waals surface area (Å²) in [7, 11) is 0. The fourth-order valence-electron chi connectivity index (χ4n) is 3.77. The van der Waals surface area contributed by atoms with Crippen LogP contribution in [0.1, 0.15) is 68.2 Å². The second-order valence-electron chi connectivity index (χ2n) is 7.30. The molecule has 0 fully saturated rings. The van der Waals surface area contributed by atoms with Crippen molar-refractivity contribution in [3.8, 4) is 0 Å². The van der Waals surface area contributed by atoms with Gasteiger partial charge >= 0.3 is 143 Å². The first-order valence-corrected chi connectivity index (χ1v) is 10.7. The van der Waals surface area contributed by atoms with Crippen LogP contribution in [0.25, 0.3) is 0 Å². The first-order chi connectivity index (χ1) is 9.67. The van der Waals surface area contributed by atoms with Crippen LogP contribution in [-0.4, -0.2) is 0 Å². The average molecular weight is 433 g/mol. The summed E-state index contributed by atoms with van der Waals surface area (Å²) in [6.07, 6.45) is 7.48. The van der Waals surface area contributed by atoms with Crippen LogP contribution in [0.3, 0.4) is 0 Å². The third kappa shape index (κ3) is 3.99. The largest absolute Gasteiger partial charge is 1.00 e. The van der Waals surface area contributed by atoms with Crippen LogP contribution in [-0.2, 0) is 23.2 Å². The molecule has 0 nitrogen and oxygen atoms in total. The molecule has 0 aromatic carbocycles. The molecule has 0 heterocycles. The third-order valence-electron chi connectivity index (χ3n) is 5.74. The van der Waals surface area contributed by atoms with Crippen LogP contribution < -0.4 is 24.8 Å². The van der Waals surface area contributed by atoms with E-state index >= 15 is 0 Å². The fourth-order valence-corrected chi connectivity index (χ4v) is 8.84. The van der Waals surface area contributed by atoms with Crippen molar-refractivity contribution in [2.45, 2.75) is 71.4 Å². The molecular formula is C20H30Cl2Zr. The van der Waals surface area contributed by atoms with E-state index in [1.807, 2.05) is 3.28 Å². The molecule has 1 unspecified atom stereocenters. The van der Waals surface area contributed by atoms with E-state index in [-0.39, 0.29) is 24.8 Å². The van der Waals surface area contributed by atoms with Gasteiger partial charge in [-0.2, -0.15) is 0 Å². The molecule has 0 spiro atoms. The molecule has 1 atom stereocenters. The molecule has 2 rings (SSSR count). The summed E-state index contributed by atoms with van der Waals surface area (Å²) in [6, 6.07) is 0. The normalized spacial score (nSPS) is 25.6. The quantitative estimate of drug-likeness (QED) is 0.610. The average Bonchev–Trinajstić information content (AvgIpc) is 2.84. The molecule has 128 valence electrons. The zero-order valence-electron chi connectivity index (χ0n) is 15.8. The molecule has 0 N–H and O–H groups in total. The molecule has 0 aromatic rings. The maximum atomic E-state index is 2.61. The molecule has 0 saturated heterocycles. The van der Waals surface area contributed by atoms with Gasteiger partial charge in [-0.05, 0) is 0 Å². The van der Waals surface area contributed by atoms with Gasteiger partial charge in [0.2, 0.25) is 0 Å². The van der Waals surface area contributed by atoms with Crippen molar-refractivity contribution in [2.24, 2.45) is 5.41 Å². The Morgan fingerprint density at radius 2 is 1.48 bits per heavy atom. The van der Waals surface area contributed by atoms with Crippen LogP contribution in [0.4, 0.5) is 0 Å². The SMILES string of the molecule is CCC1=C[C](C)([Zr+2][C]2=C(C)C(C)=C(C)C2(C)C)C(CC)=C1.[Cl-].[Cl-]. The van der Waals surface area contributed by atoms with Gasteiger partial charge in [-0.25, -0.2) is 0 Å². The number of halogens is 2. The van der Waals surface area contributed by atoms with Crippen molar-refractivity contribution in [3.05, 3.63) is 43.3 Å². The fraction of sp³-hybridized carbons (Fsp3) is 0.600. The molecule has 2 aliphatic rings. The van der Waals surface area contributed by atoms with E-state index in [1.54, 1.807) is 27.9 Å². The number of hydrogen-bond donors (Lipinski definition) is 0. The van der Waals surface area contributed by atoms with Gasteiger partial charge in [0.1, 0.15) is 0 Å². The van der Waals surface area contributed by atoms with Gasteiger partial charge < -0.3 is 24.8 Å². The van der Waals surface area contributed by atoms with Gasteiger partial charge in [-0.15, -0.1) is 0 Å². The number of rotatable bonds is 4. The minimum absolute atomic E-state index is 0. The number of allylic oxidation sites excluding steroid dienone is 8. The summed E-state index contributed by atoms with van der Waals surface area (Å²) in [5, 5.41) is 0. The summed E-state index contributed by atoms with van der Waals surface area (Å²) in [5.74, 6) is 0. The maximum Gasteiger partial charge on any atom is -1.00 e. The summed E-state index contributed by atoms with van der Waals surface area (Å²) < 4.78 is 2.21. The Morgan fingerprint density at radius 3 is 1.87 bits per heavy atom. The van der Waals surface area contributed by atoms with Gasteiger partial charge in [0.25, 0.3) is 0 Å². The van der Waals surface area contributed by atoms with E-state index in [9.17, 15) is 0 Å². The zero-order valence-corrected chi connectivity index (χ0v) is 19.8. The van der Waals surface area contributed by atoms with Crippen molar-refractivity contribution in [3.63, 3.8) is 0 Å². The predicted octanol–water partition coefficient (Wildman–Crippen LogP) is 0.592. The van der Waals surface area contributed by atoms with Crippen LogP contribution >= 0.6 is 0 Å². The molecule has 0 bridgehead atoms. The summed E-state index contributed by atoms with van der Waals surface area (Å²) in [5.41, 5.74) is 8.30. The zero-order chi connectivity index (χ0) is 16.0. The second-order valence-corrected chi connectivity index (χ2v) is 11.7. The Kier molecular flexibility index (Phi) is 8.35. The third-order valence-corrected chi connectivity index (χ3v) is 11.2. The summed E-state index contributed by atoms with van der Waals surface area (Å²) >= 11 is -0.695. The molecule has 23 heavy (non-hydrogen) atoms. The van der Waals surface area contributed by atoms with Crippen molar-refractivity contribution in [2.75, 3.05) is 0 Å². The molecule has 2 aliphatic carbocycles. The molecular weight excluding hydrogens is 402 g/mol. The van der Waals surface area contributed by atoms with Crippen molar-refractivity contribution < 1.29 is 48.0 Å². The number of hydrogen-bond acceptors (Lipinski definition) is 0. The van der Waals surface area contributed by atoms with E-state index in [0.29, 0.717) is 8.54 Å². The maximum absolute atomic E-state index is 2.61. The van der Waals surface area contributed by atoms with Gasteiger partial charge in [0.15, 0.2) is 0 Å². The van der Waals surface area contributed by atoms with E-state index in [2.05, 4.69) is 67.5 Å². The van der Waals surface area contributed by atoms with Crippen LogP contribution in [0.2, 0.25) is 3.12 Å². The Balaban J connectivity index is 0.00000242. The topological polar surface area (TPSA) is 0 Å². The molecule has 3 heteroatoms.